The SMILES string of the molecule is CC(C)N1CC(=O)N(c2ccc(S(N)(=O)=O)cc2Cl)C1. The van der Waals surface area contributed by atoms with E-state index in [9.17, 15) is 13.2 Å². The van der Waals surface area contributed by atoms with Crippen LogP contribution in [0.25, 0.3) is 0 Å². The van der Waals surface area contributed by atoms with Crippen LogP contribution in [0.15, 0.2) is 23.1 Å². The highest BCUT2D eigenvalue weighted by Crippen LogP contribution is 2.30. The van der Waals surface area contributed by atoms with Crippen molar-refractivity contribution in [3.05, 3.63) is 23.2 Å². The number of primary sulfonamides is 1. The van der Waals surface area contributed by atoms with Crippen LogP contribution in [0.3, 0.4) is 0 Å². The molecule has 2 rings (SSSR count). The Hall–Kier alpha value is -1.15. The number of hydrogen-bond acceptors (Lipinski definition) is 4. The zero-order valence-corrected chi connectivity index (χ0v) is 12.8. The van der Waals surface area contributed by atoms with Crippen molar-refractivity contribution in [2.24, 2.45) is 5.14 Å². The van der Waals surface area contributed by atoms with Crippen molar-refractivity contribution >= 4 is 33.2 Å². The van der Waals surface area contributed by atoms with Crippen LogP contribution >= 0.6 is 11.6 Å². The topological polar surface area (TPSA) is 83.7 Å². The van der Waals surface area contributed by atoms with E-state index in [0.717, 1.165) is 0 Å². The summed E-state index contributed by atoms with van der Waals surface area (Å²) in [5, 5.41) is 5.23. The molecular formula is C12H16ClN3O3S. The summed E-state index contributed by atoms with van der Waals surface area (Å²) in [6.45, 7) is 4.76. The van der Waals surface area contributed by atoms with E-state index in [0.29, 0.717) is 18.9 Å². The number of halogens is 1. The first-order valence-electron chi connectivity index (χ1n) is 6.07. The molecule has 0 atom stereocenters. The number of anilines is 1. The Kier molecular flexibility index (Phi) is 4.06. The molecule has 0 saturated carbocycles. The zero-order valence-electron chi connectivity index (χ0n) is 11.2. The number of nitrogens with two attached hydrogens (primary N) is 1. The minimum atomic E-state index is -3.80. The molecule has 6 nitrogen and oxygen atoms in total. The highest BCUT2D eigenvalue weighted by molar-refractivity contribution is 7.89. The van der Waals surface area contributed by atoms with Crippen LogP contribution in [0.5, 0.6) is 0 Å². The van der Waals surface area contributed by atoms with Gasteiger partial charge in [0.25, 0.3) is 0 Å². The molecule has 110 valence electrons. The van der Waals surface area contributed by atoms with E-state index >= 15 is 0 Å². The molecule has 1 amide bonds. The van der Waals surface area contributed by atoms with Crippen LogP contribution in [0.2, 0.25) is 5.02 Å². The largest absolute Gasteiger partial charge is 0.296 e. The summed E-state index contributed by atoms with van der Waals surface area (Å²) >= 11 is 6.08. The van der Waals surface area contributed by atoms with Crippen molar-refractivity contribution < 1.29 is 13.2 Å². The second-order valence-electron chi connectivity index (χ2n) is 4.96. The first kappa shape index (κ1) is 15.2. The third kappa shape index (κ3) is 2.95. The lowest BCUT2D eigenvalue weighted by Gasteiger charge is -2.21. The smallest absolute Gasteiger partial charge is 0.242 e. The fraction of sp³-hybridized carbons (Fsp3) is 0.417. The molecule has 20 heavy (non-hydrogen) atoms. The fourth-order valence-electron chi connectivity index (χ4n) is 2.01. The van der Waals surface area contributed by atoms with Gasteiger partial charge in [0.15, 0.2) is 0 Å². The van der Waals surface area contributed by atoms with Gasteiger partial charge in [0.2, 0.25) is 15.9 Å². The maximum Gasteiger partial charge on any atom is 0.242 e. The van der Waals surface area contributed by atoms with Crippen LogP contribution < -0.4 is 10.0 Å². The van der Waals surface area contributed by atoms with Crippen LogP contribution in [0.1, 0.15) is 13.8 Å². The second-order valence-corrected chi connectivity index (χ2v) is 6.93. The minimum Gasteiger partial charge on any atom is -0.296 e. The van der Waals surface area contributed by atoms with Crippen molar-refractivity contribution in [1.29, 1.82) is 0 Å². The molecule has 1 saturated heterocycles. The summed E-state index contributed by atoms with van der Waals surface area (Å²) in [5.74, 6) is -0.0658. The van der Waals surface area contributed by atoms with Gasteiger partial charge in [-0.05, 0) is 32.0 Å². The molecule has 0 bridgehead atoms. The van der Waals surface area contributed by atoms with Crippen LogP contribution in [0.4, 0.5) is 5.69 Å². The van der Waals surface area contributed by atoms with Gasteiger partial charge in [-0.25, -0.2) is 13.6 Å². The summed E-state index contributed by atoms with van der Waals surface area (Å²) in [6.07, 6.45) is 0. The Morgan fingerprint density at radius 1 is 1.35 bits per heavy atom. The standard InChI is InChI=1S/C12H16ClN3O3S/c1-8(2)15-6-12(17)16(7-15)11-4-3-9(5-10(11)13)20(14,18)19/h3-5,8H,6-7H2,1-2H3,(H2,14,18,19). The normalized spacial score (nSPS) is 17.2. The third-order valence-corrected chi connectivity index (χ3v) is 4.44. The summed E-state index contributed by atoms with van der Waals surface area (Å²) in [5.41, 5.74) is 0.493. The number of amides is 1. The van der Waals surface area contributed by atoms with E-state index in [-0.39, 0.29) is 21.9 Å². The molecule has 1 fully saturated rings. The molecule has 1 aromatic carbocycles. The Balaban J connectivity index is 2.33. The Morgan fingerprint density at radius 2 is 2.00 bits per heavy atom. The molecule has 0 aromatic heterocycles. The number of benzene rings is 1. The highest BCUT2D eigenvalue weighted by atomic mass is 35.5. The third-order valence-electron chi connectivity index (χ3n) is 3.23. The van der Waals surface area contributed by atoms with Crippen LogP contribution in [-0.2, 0) is 14.8 Å². The van der Waals surface area contributed by atoms with Crippen LogP contribution in [0, 0.1) is 0 Å². The average Bonchev–Trinajstić information content (AvgIpc) is 2.70. The van der Waals surface area contributed by atoms with Crippen LogP contribution in [-0.4, -0.2) is 38.5 Å². The lowest BCUT2D eigenvalue weighted by molar-refractivity contribution is -0.116. The van der Waals surface area contributed by atoms with E-state index in [1.807, 2.05) is 18.7 Å². The van der Waals surface area contributed by atoms with Gasteiger partial charge in [0, 0.05) is 6.04 Å². The van der Waals surface area contributed by atoms with Crippen molar-refractivity contribution in [2.45, 2.75) is 24.8 Å². The Labute approximate surface area is 123 Å². The Bertz CT molecular complexity index is 645. The van der Waals surface area contributed by atoms with Gasteiger partial charge < -0.3 is 0 Å². The Morgan fingerprint density at radius 3 is 2.45 bits per heavy atom. The lowest BCUT2D eigenvalue weighted by atomic mass is 10.3. The molecule has 1 aliphatic heterocycles. The second kappa shape index (κ2) is 5.33. The molecule has 1 aromatic rings. The predicted octanol–water partition coefficient (Wildman–Crippen LogP) is 1.00. The molecule has 0 aliphatic carbocycles. The minimum absolute atomic E-state index is 0.0658. The molecule has 8 heteroatoms. The number of nitrogens with zero attached hydrogens (tertiary/aromatic N) is 2. The summed E-state index contributed by atoms with van der Waals surface area (Å²) in [4.78, 5) is 15.5. The number of rotatable bonds is 3. The summed E-state index contributed by atoms with van der Waals surface area (Å²) in [7, 11) is -3.80. The predicted molar refractivity (Wildman–Crippen MR) is 77.0 cm³/mol. The molecular weight excluding hydrogens is 302 g/mol. The van der Waals surface area contributed by atoms with E-state index in [4.69, 9.17) is 16.7 Å². The molecule has 2 N–H and O–H groups in total. The van der Waals surface area contributed by atoms with E-state index in [1.165, 1.54) is 23.1 Å². The number of carbonyl (C=O) groups excluding carboxylic acids is 1. The van der Waals surface area contributed by atoms with Gasteiger partial charge >= 0.3 is 0 Å². The monoisotopic (exact) mass is 317 g/mol. The van der Waals surface area contributed by atoms with Crippen molar-refractivity contribution in [3.8, 4) is 0 Å². The van der Waals surface area contributed by atoms with Gasteiger partial charge in [-0.1, -0.05) is 11.6 Å². The van der Waals surface area contributed by atoms with Crippen molar-refractivity contribution in [2.75, 3.05) is 18.1 Å². The fourth-order valence-corrected chi connectivity index (χ4v) is 2.90. The molecule has 1 heterocycles. The summed E-state index contributed by atoms with van der Waals surface area (Å²) in [6, 6.07) is 4.36. The molecule has 0 radical (unpaired) electrons. The number of sulfonamides is 1. The lowest BCUT2D eigenvalue weighted by Crippen LogP contribution is -2.31. The maximum absolute atomic E-state index is 12.0. The summed E-state index contributed by atoms with van der Waals surface area (Å²) < 4.78 is 22.5. The van der Waals surface area contributed by atoms with Gasteiger partial charge in [0.05, 0.1) is 28.8 Å². The number of carbonyl (C=O) groups is 1. The average molecular weight is 318 g/mol. The molecule has 0 spiro atoms. The van der Waals surface area contributed by atoms with E-state index in [2.05, 4.69) is 0 Å². The maximum atomic E-state index is 12.0. The van der Waals surface area contributed by atoms with Crippen molar-refractivity contribution in [3.63, 3.8) is 0 Å². The first-order valence-corrected chi connectivity index (χ1v) is 7.99. The molecule has 1 aliphatic rings. The highest BCUT2D eigenvalue weighted by Gasteiger charge is 2.31. The van der Waals surface area contributed by atoms with Gasteiger partial charge in [-0.2, -0.15) is 0 Å². The number of hydrogen-bond donors (Lipinski definition) is 1. The molecule has 0 unspecified atom stereocenters. The quantitative estimate of drug-likeness (QED) is 0.901. The van der Waals surface area contributed by atoms with Crippen molar-refractivity contribution in [1.82, 2.24) is 4.90 Å². The first-order chi connectivity index (χ1) is 9.20. The van der Waals surface area contributed by atoms with E-state index in [1.54, 1.807) is 0 Å². The zero-order chi connectivity index (χ0) is 15.1. The van der Waals surface area contributed by atoms with E-state index < -0.39 is 10.0 Å². The van der Waals surface area contributed by atoms with Gasteiger partial charge in [-0.15, -0.1) is 0 Å². The van der Waals surface area contributed by atoms with Gasteiger partial charge in [0.1, 0.15) is 0 Å². The van der Waals surface area contributed by atoms with Gasteiger partial charge in [-0.3, -0.25) is 14.6 Å².